The van der Waals surface area contributed by atoms with E-state index in [2.05, 4.69) is 66.8 Å². The normalized spacial score (nSPS) is 26.2. The Morgan fingerprint density at radius 3 is 2.57 bits per heavy atom. The number of nitro groups is 1. The fourth-order valence-electron chi connectivity index (χ4n) is 11.3. The molecule has 0 bridgehead atoms. The van der Waals surface area contributed by atoms with Gasteiger partial charge in [0.25, 0.3) is 15.9 Å². The van der Waals surface area contributed by atoms with E-state index >= 15 is 0 Å². The van der Waals surface area contributed by atoms with Crippen LogP contribution >= 0.6 is 0 Å². The van der Waals surface area contributed by atoms with E-state index in [0.717, 1.165) is 55.9 Å². The lowest BCUT2D eigenvalue weighted by Crippen LogP contribution is -2.58. The molecule has 10 rings (SSSR count). The van der Waals surface area contributed by atoms with Crippen LogP contribution in [0.3, 0.4) is 0 Å². The fraction of sp³-hybridized carbons (Fsp3) is 0.490. The molecule has 6 heterocycles. The van der Waals surface area contributed by atoms with E-state index < -0.39 is 46.9 Å². The minimum Gasteiger partial charge on any atom is -0.474 e. The summed E-state index contributed by atoms with van der Waals surface area (Å²) in [7, 11) is -7.47. The number of rotatable bonds is 11. The molecule has 1 unspecified atom stereocenters. The van der Waals surface area contributed by atoms with Gasteiger partial charge in [0.15, 0.2) is 10.7 Å². The summed E-state index contributed by atoms with van der Waals surface area (Å²) in [6, 6.07) is 17.8. The number of hydrogen-bond donors (Lipinski definition) is 5. The van der Waals surface area contributed by atoms with Crippen LogP contribution in [0, 0.1) is 26.2 Å². The first kappa shape index (κ1) is 46.9. The van der Waals surface area contributed by atoms with E-state index in [9.17, 15) is 32.6 Å². The Morgan fingerprint density at radius 1 is 1.07 bits per heavy atom. The molecule has 1 spiro atoms. The summed E-state index contributed by atoms with van der Waals surface area (Å²) in [6.45, 7) is 8.36. The van der Waals surface area contributed by atoms with Crippen molar-refractivity contribution in [2.24, 2.45) is 11.3 Å². The second kappa shape index (κ2) is 17.8. The zero-order valence-electron chi connectivity index (χ0n) is 39.0. The third kappa shape index (κ3) is 9.47. The monoisotopic (exact) mass is 981 g/mol. The smallest absolute Gasteiger partial charge is 0.300 e. The van der Waals surface area contributed by atoms with Gasteiger partial charge in [-0.3, -0.25) is 24.6 Å². The largest absolute Gasteiger partial charge is 0.474 e. The molecule has 3 atom stereocenters. The van der Waals surface area contributed by atoms with E-state index in [1.165, 1.54) is 23.4 Å². The number of hydrogen-bond acceptors (Lipinski definition) is 15. The molecule has 366 valence electrons. The molecule has 18 nitrogen and oxygen atoms in total. The molecule has 69 heavy (non-hydrogen) atoms. The van der Waals surface area contributed by atoms with Crippen molar-refractivity contribution in [1.29, 1.82) is 4.78 Å². The van der Waals surface area contributed by atoms with Gasteiger partial charge in [0.1, 0.15) is 23.8 Å². The number of benzene rings is 2. The average molecular weight is 982 g/mol. The van der Waals surface area contributed by atoms with Crippen molar-refractivity contribution in [2.45, 2.75) is 107 Å². The number of nitrogens with one attached hydrogen (secondary N) is 4. The van der Waals surface area contributed by atoms with Crippen LogP contribution in [0.2, 0.25) is 0 Å². The van der Waals surface area contributed by atoms with Gasteiger partial charge in [-0.15, -0.1) is 0 Å². The van der Waals surface area contributed by atoms with E-state index in [1.807, 2.05) is 12.1 Å². The lowest BCUT2D eigenvalue weighted by atomic mass is 9.59. The Hall–Kier alpha value is -5.83. The number of aromatic amines is 1. The number of sulfonamides is 1. The van der Waals surface area contributed by atoms with Crippen LogP contribution in [-0.2, 0) is 19.8 Å². The second-order valence-corrected chi connectivity index (χ2v) is 24.4. The SMILES string of the molecule is CC(C)c1ccccc1[C@@H]1CS(=N)(=O)CCN1C1CC2(CCN(c3ccc(C(=O)NS(=O)(=O)c4cc([N+](=O)[O-])c5c(n4)OC[C@H](C4CCC(C)(O)CC4)N5)c(Oc4cnc5[nH]ccc5c4)c3)CC2)C1. The highest BCUT2D eigenvalue weighted by atomic mass is 32.2. The van der Waals surface area contributed by atoms with Crippen LogP contribution in [0.15, 0.2) is 78.1 Å². The first-order valence-electron chi connectivity index (χ1n) is 23.8. The van der Waals surface area contributed by atoms with E-state index in [4.69, 9.17) is 14.3 Å². The summed E-state index contributed by atoms with van der Waals surface area (Å²) in [5.41, 5.74) is 2.52. The highest BCUT2D eigenvalue weighted by molar-refractivity contribution is 7.92. The number of aromatic nitrogens is 3. The Bertz CT molecular complexity index is 3030. The first-order chi connectivity index (χ1) is 32.8. The van der Waals surface area contributed by atoms with Crippen LogP contribution in [0.25, 0.3) is 11.0 Å². The highest BCUT2D eigenvalue weighted by Gasteiger charge is 2.50. The topological polar surface area (TPSA) is 246 Å². The summed E-state index contributed by atoms with van der Waals surface area (Å²) in [5.74, 6) is 0.213. The summed E-state index contributed by atoms with van der Waals surface area (Å²) >= 11 is 0. The van der Waals surface area contributed by atoms with Gasteiger partial charge < -0.3 is 29.8 Å². The molecule has 3 aromatic heterocycles. The quantitative estimate of drug-likeness (QED) is 0.0625. The first-order valence-corrected chi connectivity index (χ1v) is 27.2. The number of carbonyl (C=O) groups excluding carboxylic acids is 1. The fourth-order valence-corrected chi connectivity index (χ4v) is 13.8. The molecule has 2 aliphatic carbocycles. The van der Waals surface area contributed by atoms with Crippen molar-refractivity contribution in [2.75, 3.05) is 48.0 Å². The summed E-state index contributed by atoms with van der Waals surface area (Å²) in [6.07, 6.45) is 9.68. The number of anilines is 2. The number of nitrogens with zero attached hydrogens (tertiary/aromatic N) is 5. The van der Waals surface area contributed by atoms with Gasteiger partial charge >= 0.3 is 5.69 Å². The Balaban J connectivity index is 0.860. The van der Waals surface area contributed by atoms with Crippen molar-refractivity contribution in [3.8, 4) is 17.4 Å². The molecule has 20 heteroatoms. The van der Waals surface area contributed by atoms with Gasteiger partial charge in [-0.25, -0.2) is 13.9 Å². The number of piperidine rings is 1. The maximum absolute atomic E-state index is 14.1. The molecule has 5 aromatic rings. The number of ether oxygens (including phenoxy) is 2. The van der Waals surface area contributed by atoms with Crippen molar-refractivity contribution in [3.63, 3.8) is 0 Å². The third-order valence-electron chi connectivity index (χ3n) is 15.3. The average Bonchev–Trinajstić information content (AvgIpc) is 3.78. The second-order valence-electron chi connectivity index (χ2n) is 20.4. The van der Waals surface area contributed by atoms with Crippen LogP contribution < -0.4 is 24.4 Å². The number of fused-ring (bicyclic) bond motifs is 2. The maximum atomic E-state index is 14.1. The number of amides is 1. The zero-order valence-corrected chi connectivity index (χ0v) is 40.6. The van der Waals surface area contributed by atoms with Crippen LogP contribution in [0.1, 0.15) is 106 Å². The van der Waals surface area contributed by atoms with Crippen LogP contribution in [0.4, 0.5) is 17.1 Å². The van der Waals surface area contributed by atoms with E-state index in [1.54, 1.807) is 31.3 Å². The van der Waals surface area contributed by atoms with Gasteiger partial charge in [0.2, 0.25) is 5.88 Å². The van der Waals surface area contributed by atoms with Crippen molar-refractivity contribution >= 4 is 53.8 Å². The van der Waals surface area contributed by atoms with Crippen molar-refractivity contribution in [3.05, 3.63) is 99.9 Å². The van der Waals surface area contributed by atoms with Gasteiger partial charge in [0, 0.05) is 70.5 Å². The van der Waals surface area contributed by atoms with Crippen LogP contribution in [0.5, 0.6) is 17.4 Å². The molecule has 2 aromatic carbocycles. The molecule has 2 saturated carbocycles. The molecule has 4 fully saturated rings. The lowest BCUT2D eigenvalue weighted by molar-refractivity contribution is -0.384. The summed E-state index contributed by atoms with van der Waals surface area (Å²) in [4.78, 5) is 42.2. The van der Waals surface area contributed by atoms with E-state index in [0.29, 0.717) is 67.1 Å². The number of aliphatic hydroxyl groups is 1. The van der Waals surface area contributed by atoms with Gasteiger partial charge in [-0.1, -0.05) is 38.1 Å². The molecule has 1 amide bonds. The third-order valence-corrected chi connectivity index (χ3v) is 18.2. The number of carbonyl (C=O) groups is 1. The number of pyridine rings is 2. The Morgan fingerprint density at radius 2 is 1.83 bits per heavy atom. The van der Waals surface area contributed by atoms with Crippen LogP contribution in [-0.4, -0.2) is 104 Å². The molecule has 0 radical (unpaired) electrons. The lowest BCUT2D eigenvalue weighted by Gasteiger charge is -2.57. The standard InChI is InChI=1S/C49H59N9O9S2/c1-30(2)36-6-4-5-7-37(36)41-29-68(50,63)21-20-57(41)34-25-49(26-34)15-18-56(19-16-49)33-8-9-38(42(23-33)67-35-22-32-12-17-51-45(32)52-27-35)46(59)55-69(64,65)43-24-40(58(61)62)44-47(54-43)66-28-39(53-44)31-10-13-48(3,60)14-11-31/h4-9,12,17,22-24,27,30-31,34,39,41,50,53,60H,10-11,13-16,18-21,25-26,28-29H2,1-3H3,(H,51,52)(H,55,59)/t31?,39-,41+,48?,68?/m1/s1. The zero-order chi connectivity index (χ0) is 48.5. The molecule has 2 saturated heterocycles. The predicted octanol–water partition coefficient (Wildman–Crippen LogP) is 7.87. The predicted molar refractivity (Wildman–Crippen MR) is 261 cm³/mol. The van der Waals surface area contributed by atoms with E-state index in [-0.39, 0.29) is 52.9 Å². The summed E-state index contributed by atoms with van der Waals surface area (Å²) in [5, 5.41) is 26.0. The van der Waals surface area contributed by atoms with Crippen molar-refractivity contribution < 1.29 is 36.9 Å². The minimum atomic E-state index is -4.80. The minimum absolute atomic E-state index is 0.0418. The maximum Gasteiger partial charge on any atom is 0.300 e. The molecule has 3 aliphatic heterocycles. The molecular formula is C49H59N9O9S2. The van der Waals surface area contributed by atoms with Crippen molar-refractivity contribution in [1.82, 2.24) is 24.6 Å². The summed E-state index contributed by atoms with van der Waals surface area (Å²) < 4.78 is 63.9. The van der Waals surface area contributed by atoms with Gasteiger partial charge in [0.05, 0.1) is 40.1 Å². The van der Waals surface area contributed by atoms with Gasteiger partial charge in [-0.2, -0.15) is 13.4 Å². The Labute approximate surface area is 401 Å². The Kier molecular flexibility index (Phi) is 12.1. The highest BCUT2D eigenvalue weighted by Crippen LogP contribution is 2.54. The molecule has 5 aliphatic rings. The number of H-pyrrole nitrogens is 1. The molecule has 5 N–H and O–H groups in total. The molecular weight excluding hydrogens is 923 g/mol. The van der Waals surface area contributed by atoms with Gasteiger partial charge in [-0.05, 0) is 111 Å².